The maximum atomic E-state index is 11.2. The van der Waals surface area contributed by atoms with E-state index in [4.69, 9.17) is 4.74 Å². The average molecular weight is 301 g/mol. The quantitative estimate of drug-likeness (QED) is 0.865. The van der Waals surface area contributed by atoms with Gasteiger partial charge < -0.3 is 15.0 Å². The van der Waals surface area contributed by atoms with Crippen LogP contribution in [0.5, 0.6) is 5.88 Å². The molecule has 1 aromatic rings. The summed E-state index contributed by atoms with van der Waals surface area (Å²) in [5, 5.41) is 2.81. The third kappa shape index (κ3) is 2.85. The van der Waals surface area contributed by atoms with E-state index < -0.39 is 0 Å². The first-order valence-electron chi connectivity index (χ1n) is 5.29. The van der Waals surface area contributed by atoms with Gasteiger partial charge in [0.2, 0.25) is 17.7 Å². The number of carbonyl (C=O) groups is 1. The molecule has 92 valence electrons. The molecular formula is C10H13BrN4O2. The Bertz CT molecular complexity index is 427. The maximum absolute atomic E-state index is 11.2. The molecule has 1 aliphatic rings. The highest BCUT2D eigenvalue weighted by Crippen LogP contribution is 2.23. The van der Waals surface area contributed by atoms with Crippen LogP contribution in [-0.4, -0.2) is 42.6 Å². The van der Waals surface area contributed by atoms with Crippen molar-refractivity contribution in [1.29, 1.82) is 0 Å². The highest BCUT2D eigenvalue weighted by atomic mass is 79.9. The predicted molar refractivity (Wildman–Crippen MR) is 66.1 cm³/mol. The van der Waals surface area contributed by atoms with Crippen molar-refractivity contribution in [3.8, 4) is 5.88 Å². The SMILES string of the molecule is COc1nc(N2CCNC(=O)CC2)ncc1Br. The lowest BCUT2D eigenvalue weighted by Crippen LogP contribution is -2.29. The molecule has 0 bridgehead atoms. The van der Waals surface area contributed by atoms with Crippen LogP contribution in [0, 0.1) is 0 Å². The van der Waals surface area contributed by atoms with Crippen molar-refractivity contribution in [1.82, 2.24) is 15.3 Å². The molecule has 0 radical (unpaired) electrons. The zero-order valence-electron chi connectivity index (χ0n) is 9.44. The Kier molecular flexibility index (Phi) is 3.78. The second-order valence-corrected chi connectivity index (χ2v) is 4.47. The molecule has 0 unspecified atom stereocenters. The van der Waals surface area contributed by atoms with Crippen LogP contribution in [0.4, 0.5) is 5.95 Å². The fraction of sp³-hybridized carbons (Fsp3) is 0.500. The zero-order chi connectivity index (χ0) is 12.3. The van der Waals surface area contributed by atoms with Crippen LogP contribution in [-0.2, 0) is 4.79 Å². The van der Waals surface area contributed by atoms with E-state index in [2.05, 4.69) is 31.2 Å². The van der Waals surface area contributed by atoms with E-state index in [0.717, 1.165) is 0 Å². The van der Waals surface area contributed by atoms with Crippen molar-refractivity contribution in [3.05, 3.63) is 10.7 Å². The molecule has 1 fully saturated rings. The maximum Gasteiger partial charge on any atom is 0.232 e. The lowest BCUT2D eigenvalue weighted by Gasteiger charge is -2.19. The number of hydrogen-bond acceptors (Lipinski definition) is 5. The Labute approximate surface area is 108 Å². The Morgan fingerprint density at radius 3 is 3.12 bits per heavy atom. The number of halogens is 1. The van der Waals surface area contributed by atoms with Crippen LogP contribution in [0.1, 0.15) is 6.42 Å². The third-order valence-corrected chi connectivity index (χ3v) is 3.03. The van der Waals surface area contributed by atoms with E-state index in [1.54, 1.807) is 13.3 Å². The zero-order valence-corrected chi connectivity index (χ0v) is 11.0. The van der Waals surface area contributed by atoms with Gasteiger partial charge in [-0.3, -0.25) is 4.79 Å². The van der Waals surface area contributed by atoms with Gasteiger partial charge in [0.05, 0.1) is 17.8 Å². The van der Waals surface area contributed by atoms with Gasteiger partial charge in [-0.15, -0.1) is 0 Å². The summed E-state index contributed by atoms with van der Waals surface area (Å²) in [5.74, 6) is 1.15. The molecule has 0 aromatic carbocycles. The minimum atomic E-state index is 0.0663. The monoisotopic (exact) mass is 300 g/mol. The van der Waals surface area contributed by atoms with Gasteiger partial charge in [-0.05, 0) is 15.9 Å². The lowest BCUT2D eigenvalue weighted by molar-refractivity contribution is -0.120. The first-order chi connectivity index (χ1) is 8.20. The molecule has 0 aliphatic carbocycles. The predicted octanol–water partition coefficient (Wildman–Crippen LogP) is 0.574. The van der Waals surface area contributed by atoms with Gasteiger partial charge in [0, 0.05) is 26.1 Å². The molecule has 1 amide bonds. The molecule has 2 heterocycles. The summed E-state index contributed by atoms with van der Waals surface area (Å²) < 4.78 is 5.84. The Balaban J connectivity index is 2.18. The fourth-order valence-electron chi connectivity index (χ4n) is 1.61. The van der Waals surface area contributed by atoms with Crippen LogP contribution in [0.25, 0.3) is 0 Å². The second-order valence-electron chi connectivity index (χ2n) is 3.61. The number of anilines is 1. The first kappa shape index (κ1) is 12.1. The number of carbonyl (C=O) groups excluding carboxylic acids is 1. The van der Waals surface area contributed by atoms with Crippen LogP contribution >= 0.6 is 15.9 Å². The van der Waals surface area contributed by atoms with Crippen LogP contribution in [0.2, 0.25) is 0 Å². The topological polar surface area (TPSA) is 67.3 Å². The largest absolute Gasteiger partial charge is 0.480 e. The average Bonchev–Trinajstić information content (AvgIpc) is 2.55. The van der Waals surface area contributed by atoms with Crippen molar-refractivity contribution >= 4 is 27.8 Å². The molecular weight excluding hydrogens is 288 g/mol. The lowest BCUT2D eigenvalue weighted by atomic mass is 10.4. The van der Waals surface area contributed by atoms with Crippen LogP contribution < -0.4 is 15.0 Å². The van der Waals surface area contributed by atoms with Gasteiger partial charge in [0.25, 0.3) is 0 Å². The molecule has 0 saturated carbocycles. The smallest absolute Gasteiger partial charge is 0.232 e. The Hall–Kier alpha value is -1.37. The summed E-state index contributed by atoms with van der Waals surface area (Å²) in [4.78, 5) is 21.7. The van der Waals surface area contributed by atoms with Crippen molar-refractivity contribution in [3.63, 3.8) is 0 Å². The van der Waals surface area contributed by atoms with Gasteiger partial charge in [0.15, 0.2) is 0 Å². The second kappa shape index (κ2) is 5.31. The van der Waals surface area contributed by atoms with Crippen molar-refractivity contribution in [2.75, 3.05) is 31.6 Å². The van der Waals surface area contributed by atoms with Gasteiger partial charge in [-0.25, -0.2) is 4.98 Å². The molecule has 6 nitrogen and oxygen atoms in total. The minimum absolute atomic E-state index is 0.0663. The van der Waals surface area contributed by atoms with Gasteiger partial charge >= 0.3 is 0 Å². The third-order valence-electron chi connectivity index (χ3n) is 2.49. The van der Waals surface area contributed by atoms with E-state index in [1.165, 1.54) is 0 Å². The van der Waals surface area contributed by atoms with Crippen LogP contribution in [0.15, 0.2) is 10.7 Å². The first-order valence-corrected chi connectivity index (χ1v) is 6.08. The van der Waals surface area contributed by atoms with E-state index in [0.29, 0.717) is 42.4 Å². The van der Waals surface area contributed by atoms with Gasteiger partial charge in [-0.1, -0.05) is 0 Å². The molecule has 1 N–H and O–H groups in total. The van der Waals surface area contributed by atoms with E-state index >= 15 is 0 Å². The molecule has 1 aliphatic heterocycles. The molecule has 1 aromatic heterocycles. The molecule has 0 spiro atoms. The van der Waals surface area contributed by atoms with Crippen molar-refractivity contribution < 1.29 is 9.53 Å². The summed E-state index contributed by atoms with van der Waals surface area (Å²) in [5.41, 5.74) is 0. The number of nitrogens with zero attached hydrogens (tertiary/aromatic N) is 3. The molecule has 1 saturated heterocycles. The number of amides is 1. The van der Waals surface area contributed by atoms with E-state index in [1.807, 2.05) is 4.90 Å². The molecule has 0 atom stereocenters. The summed E-state index contributed by atoms with van der Waals surface area (Å²) >= 11 is 3.30. The van der Waals surface area contributed by atoms with Crippen molar-refractivity contribution in [2.45, 2.75) is 6.42 Å². The number of ether oxygens (including phenoxy) is 1. The summed E-state index contributed by atoms with van der Waals surface area (Å²) in [6, 6.07) is 0. The van der Waals surface area contributed by atoms with Gasteiger partial charge in [0.1, 0.15) is 0 Å². The van der Waals surface area contributed by atoms with Crippen LogP contribution in [0.3, 0.4) is 0 Å². The summed E-state index contributed by atoms with van der Waals surface area (Å²) in [6.07, 6.45) is 2.11. The van der Waals surface area contributed by atoms with Gasteiger partial charge in [-0.2, -0.15) is 4.98 Å². The van der Waals surface area contributed by atoms with E-state index in [-0.39, 0.29) is 5.91 Å². The highest BCUT2D eigenvalue weighted by Gasteiger charge is 2.17. The Morgan fingerprint density at radius 1 is 1.53 bits per heavy atom. The Morgan fingerprint density at radius 2 is 2.35 bits per heavy atom. The highest BCUT2D eigenvalue weighted by molar-refractivity contribution is 9.10. The number of rotatable bonds is 2. The van der Waals surface area contributed by atoms with E-state index in [9.17, 15) is 4.79 Å². The molecule has 17 heavy (non-hydrogen) atoms. The number of methoxy groups -OCH3 is 1. The fourth-order valence-corrected chi connectivity index (χ4v) is 1.96. The number of aromatic nitrogens is 2. The summed E-state index contributed by atoms with van der Waals surface area (Å²) in [6.45, 7) is 1.94. The minimum Gasteiger partial charge on any atom is -0.480 e. The standard InChI is InChI=1S/C10H13BrN4O2/c1-17-9-7(11)6-13-10(14-9)15-4-2-8(16)12-3-5-15/h6H,2-5H2,1H3,(H,12,16). The molecule has 2 rings (SSSR count). The number of hydrogen-bond donors (Lipinski definition) is 1. The van der Waals surface area contributed by atoms with Crippen molar-refractivity contribution in [2.24, 2.45) is 0 Å². The normalized spacial score (nSPS) is 16.4. The summed E-state index contributed by atoms with van der Waals surface area (Å²) in [7, 11) is 1.56. The number of nitrogens with one attached hydrogen (secondary N) is 1. The molecule has 7 heteroatoms.